The van der Waals surface area contributed by atoms with Crippen molar-refractivity contribution >= 4 is 5.91 Å². The number of fused-ring (bicyclic) bond motifs is 1. The van der Waals surface area contributed by atoms with E-state index in [-0.39, 0.29) is 12.5 Å². The molecule has 9 heteroatoms. The molecule has 0 saturated carbocycles. The highest BCUT2D eigenvalue weighted by atomic mass is 16.5. The number of amides is 1. The molecule has 5 rings (SSSR count). The fourth-order valence-corrected chi connectivity index (χ4v) is 4.34. The van der Waals surface area contributed by atoms with Gasteiger partial charge in [-0.05, 0) is 12.5 Å². The zero-order valence-corrected chi connectivity index (χ0v) is 18.4. The topological polar surface area (TPSA) is 116 Å². The van der Waals surface area contributed by atoms with E-state index < -0.39 is 6.10 Å². The minimum absolute atomic E-state index is 0.162. The van der Waals surface area contributed by atoms with Gasteiger partial charge in [-0.3, -0.25) is 14.8 Å². The molecule has 4 heterocycles. The summed E-state index contributed by atoms with van der Waals surface area (Å²) in [5, 5.41) is 21.1. The van der Waals surface area contributed by atoms with Crippen LogP contribution >= 0.6 is 0 Å². The van der Waals surface area contributed by atoms with Gasteiger partial charge in [0.1, 0.15) is 12.0 Å². The molecule has 0 bridgehead atoms. The molecule has 3 aromatic rings. The number of hydrogen-bond donors (Lipinski definition) is 3. The van der Waals surface area contributed by atoms with Crippen molar-refractivity contribution in [1.29, 1.82) is 0 Å². The molecule has 0 unspecified atom stereocenters. The van der Waals surface area contributed by atoms with Gasteiger partial charge in [-0.15, -0.1) is 0 Å². The van der Waals surface area contributed by atoms with E-state index in [4.69, 9.17) is 4.74 Å². The molecule has 2 aliphatic rings. The van der Waals surface area contributed by atoms with Crippen molar-refractivity contribution in [3.8, 4) is 11.3 Å². The summed E-state index contributed by atoms with van der Waals surface area (Å²) in [6.07, 6.45) is 2.36. The van der Waals surface area contributed by atoms with Crippen LogP contribution in [0.5, 0.6) is 0 Å². The molecule has 0 spiro atoms. The smallest absolute Gasteiger partial charge is 0.270 e. The SMILES string of the molecule is O=C(NC[C@H](O)CN1CCc2[nH]nc(-c3ccccc3)c2C1)c1cc(CC2COC2)ncn1. The number of β-amino-alcohol motifs (C(OH)–C–C–N with tert-alkyl or cyclic N) is 1. The van der Waals surface area contributed by atoms with Crippen molar-refractivity contribution < 1.29 is 14.6 Å². The Balaban J connectivity index is 1.14. The van der Waals surface area contributed by atoms with E-state index in [1.165, 1.54) is 11.9 Å². The number of nitrogens with one attached hydrogen (secondary N) is 2. The van der Waals surface area contributed by atoms with Crippen LogP contribution in [0.1, 0.15) is 27.4 Å². The largest absolute Gasteiger partial charge is 0.390 e. The summed E-state index contributed by atoms with van der Waals surface area (Å²) in [4.78, 5) is 23.1. The van der Waals surface area contributed by atoms with Gasteiger partial charge in [0, 0.05) is 61.0 Å². The van der Waals surface area contributed by atoms with Crippen molar-refractivity contribution in [3.63, 3.8) is 0 Å². The Labute approximate surface area is 192 Å². The second-order valence-electron chi connectivity index (χ2n) is 8.75. The van der Waals surface area contributed by atoms with Gasteiger partial charge in [-0.25, -0.2) is 9.97 Å². The summed E-state index contributed by atoms with van der Waals surface area (Å²) in [6, 6.07) is 11.8. The molecule has 0 radical (unpaired) electrons. The van der Waals surface area contributed by atoms with E-state index in [1.807, 2.05) is 18.2 Å². The lowest BCUT2D eigenvalue weighted by atomic mass is 10.0. The maximum absolute atomic E-state index is 12.5. The van der Waals surface area contributed by atoms with E-state index in [0.29, 0.717) is 24.7 Å². The Morgan fingerprint density at radius 3 is 2.91 bits per heavy atom. The number of aliphatic hydroxyl groups is 1. The zero-order valence-electron chi connectivity index (χ0n) is 18.4. The molecule has 9 nitrogen and oxygen atoms in total. The molecule has 33 heavy (non-hydrogen) atoms. The van der Waals surface area contributed by atoms with Gasteiger partial charge in [0.2, 0.25) is 0 Å². The molecule has 3 N–H and O–H groups in total. The number of aromatic amines is 1. The third-order valence-electron chi connectivity index (χ3n) is 6.19. The average molecular weight is 449 g/mol. The lowest BCUT2D eigenvalue weighted by molar-refractivity contribution is -0.0316. The fourth-order valence-electron chi connectivity index (χ4n) is 4.34. The second kappa shape index (κ2) is 9.78. The minimum atomic E-state index is -0.684. The quantitative estimate of drug-likeness (QED) is 0.474. The first kappa shape index (κ1) is 21.7. The fraction of sp³-hybridized carbons (Fsp3) is 0.417. The molecule has 1 amide bonds. The molecular formula is C24H28N6O3. The summed E-state index contributed by atoms with van der Waals surface area (Å²) in [5.74, 6) is 0.157. The van der Waals surface area contributed by atoms with E-state index in [9.17, 15) is 9.90 Å². The first-order valence-corrected chi connectivity index (χ1v) is 11.3. The Morgan fingerprint density at radius 1 is 1.27 bits per heavy atom. The maximum Gasteiger partial charge on any atom is 0.270 e. The van der Waals surface area contributed by atoms with Crippen LogP contribution in [0, 0.1) is 5.92 Å². The van der Waals surface area contributed by atoms with Crippen molar-refractivity contribution in [2.24, 2.45) is 5.92 Å². The van der Waals surface area contributed by atoms with Gasteiger partial charge in [0.25, 0.3) is 5.91 Å². The van der Waals surface area contributed by atoms with Crippen molar-refractivity contribution in [2.75, 3.05) is 32.8 Å². The summed E-state index contributed by atoms with van der Waals surface area (Å²) in [5.41, 5.74) is 5.53. The molecule has 2 aliphatic heterocycles. The third-order valence-corrected chi connectivity index (χ3v) is 6.19. The highest BCUT2D eigenvalue weighted by Gasteiger charge is 2.24. The first-order valence-electron chi connectivity index (χ1n) is 11.3. The molecule has 1 aromatic carbocycles. The van der Waals surface area contributed by atoms with E-state index in [1.54, 1.807) is 6.07 Å². The van der Waals surface area contributed by atoms with E-state index in [2.05, 4.69) is 42.5 Å². The molecule has 1 atom stereocenters. The molecule has 0 aliphatic carbocycles. The number of ether oxygens (including phenoxy) is 1. The van der Waals surface area contributed by atoms with Crippen LogP contribution in [-0.4, -0.2) is 75.0 Å². The lowest BCUT2D eigenvalue weighted by Crippen LogP contribution is -2.42. The third kappa shape index (κ3) is 5.11. The van der Waals surface area contributed by atoms with Gasteiger partial charge in [0.15, 0.2) is 0 Å². The van der Waals surface area contributed by atoms with Crippen LogP contribution in [-0.2, 0) is 24.1 Å². The molecule has 1 fully saturated rings. The van der Waals surface area contributed by atoms with Gasteiger partial charge < -0.3 is 15.2 Å². The van der Waals surface area contributed by atoms with Crippen LogP contribution in [0.25, 0.3) is 11.3 Å². The number of hydrogen-bond acceptors (Lipinski definition) is 7. The van der Waals surface area contributed by atoms with Gasteiger partial charge in [-0.1, -0.05) is 30.3 Å². The number of rotatable bonds is 8. The Bertz CT molecular complexity index is 1100. The van der Waals surface area contributed by atoms with Crippen LogP contribution in [0.15, 0.2) is 42.7 Å². The second-order valence-corrected chi connectivity index (χ2v) is 8.75. The van der Waals surface area contributed by atoms with Crippen molar-refractivity contribution in [2.45, 2.75) is 25.5 Å². The van der Waals surface area contributed by atoms with Crippen molar-refractivity contribution in [1.82, 2.24) is 30.4 Å². The summed E-state index contributed by atoms with van der Waals surface area (Å²) in [6.45, 7) is 3.64. The van der Waals surface area contributed by atoms with E-state index >= 15 is 0 Å². The molecule has 1 saturated heterocycles. The monoisotopic (exact) mass is 448 g/mol. The highest BCUT2D eigenvalue weighted by molar-refractivity contribution is 5.92. The number of nitrogens with zero attached hydrogens (tertiary/aromatic N) is 4. The normalized spacial score (nSPS) is 17.2. The predicted molar refractivity (Wildman–Crippen MR) is 121 cm³/mol. The number of benzene rings is 1. The van der Waals surface area contributed by atoms with E-state index in [0.717, 1.165) is 55.2 Å². The number of H-pyrrole nitrogens is 1. The highest BCUT2D eigenvalue weighted by Crippen LogP contribution is 2.28. The Kier molecular flexibility index (Phi) is 6.43. The standard InChI is InChI=1S/C24H28N6O3/c31-19(10-25-24(32)22-9-18(26-15-27-22)8-16-13-33-14-16)11-30-7-6-21-20(12-30)23(29-28-21)17-4-2-1-3-5-17/h1-5,9,15-16,19,31H,6-8,10-14H2,(H,25,32)(H,28,29)/t19-/m0/s1. The first-order chi connectivity index (χ1) is 16.2. The van der Waals surface area contributed by atoms with Gasteiger partial charge >= 0.3 is 0 Å². The molecular weight excluding hydrogens is 420 g/mol. The zero-order chi connectivity index (χ0) is 22.6. The summed E-state index contributed by atoms with van der Waals surface area (Å²) in [7, 11) is 0. The predicted octanol–water partition coefficient (Wildman–Crippen LogP) is 1.20. The summed E-state index contributed by atoms with van der Waals surface area (Å²) >= 11 is 0. The van der Waals surface area contributed by atoms with Crippen LogP contribution in [0.3, 0.4) is 0 Å². The number of aliphatic hydroxyl groups excluding tert-OH is 1. The minimum Gasteiger partial charge on any atom is -0.390 e. The Morgan fingerprint density at radius 2 is 2.12 bits per heavy atom. The lowest BCUT2D eigenvalue weighted by Gasteiger charge is -2.29. The molecule has 172 valence electrons. The molecule has 2 aromatic heterocycles. The van der Waals surface area contributed by atoms with Crippen LogP contribution in [0.4, 0.5) is 0 Å². The maximum atomic E-state index is 12.5. The van der Waals surface area contributed by atoms with Crippen LogP contribution in [0.2, 0.25) is 0 Å². The Hall–Kier alpha value is -3.14. The van der Waals surface area contributed by atoms with Gasteiger partial charge in [0.05, 0.1) is 25.0 Å². The number of carbonyl (C=O) groups is 1. The van der Waals surface area contributed by atoms with Crippen LogP contribution < -0.4 is 5.32 Å². The van der Waals surface area contributed by atoms with Gasteiger partial charge in [-0.2, -0.15) is 5.10 Å². The average Bonchev–Trinajstić information content (AvgIpc) is 3.24. The summed E-state index contributed by atoms with van der Waals surface area (Å²) < 4.78 is 5.20. The number of carbonyl (C=O) groups excluding carboxylic acids is 1. The van der Waals surface area contributed by atoms with Crippen molar-refractivity contribution in [3.05, 3.63) is 65.4 Å². The number of aromatic nitrogens is 4.